The van der Waals surface area contributed by atoms with Crippen molar-refractivity contribution in [1.29, 1.82) is 0 Å². The van der Waals surface area contributed by atoms with Crippen molar-refractivity contribution in [2.24, 2.45) is 0 Å². The second-order valence-electron chi connectivity index (χ2n) is 5.06. The molecule has 0 aliphatic carbocycles. The van der Waals surface area contributed by atoms with Gasteiger partial charge in [-0.3, -0.25) is 0 Å². The molecule has 1 N–H and O–H groups in total. The van der Waals surface area contributed by atoms with E-state index in [9.17, 15) is 5.11 Å². The summed E-state index contributed by atoms with van der Waals surface area (Å²) >= 11 is 0. The van der Waals surface area contributed by atoms with Crippen LogP contribution in [0.2, 0.25) is 0 Å². The van der Waals surface area contributed by atoms with Crippen LogP contribution in [0, 0.1) is 6.92 Å². The zero-order chi connectivity index (χ0) is 14.4. The SMILES string of the molecule is CCc1ccc(C(O)CCOc2cccc(C)c2)cc1. The van der Waals surface area contributed by atoms with Crippen LogP contribution in [-0.2, 0) is 6.42 Å². The third-order valence-electron chi connectivity index (χ3n) is 3.42. The largest absolute Gasteiger partial charge is 0.493 e. The summed E-state index contributed by atoms with van der Waals surface area (Å²) < 4.78 is 5.66. The van der Waals surface area contributed by atoms with Gasteiger partial charge in [0.15, 0.2) is 0 Å². The molecule has 2 aromatic rings. The van der Waals surface area contributed by atoms with Crippen LogP contribution in [0.4, 0.5) is 0 Å². The fraction of sp³-hybridized carbons (Fsp3) is 0.333. The van der Waals surface area contributed by atoms with Crippen LogP contribution in [0.5, 0.6) is 5.75 Å². The molecule has 0 fully saturated rings. The Morgan fingerprint density at radius 1 is 1.10 bits per heavy atom. The molecule has 0 spiro atoms. The van der Waals surface area contributed by atoms with Crippen LogP contribution in [0.25, 0.3) is 0 Å². The lowest BCUT2D eigenvalue weighted by Crippen LogP contribution is -2.05. The highest BCUT2D eigenvalue weighted by Crippen LogP contribution is 2.19. The van der Waals surface area contributed by atoms with Gasteiger partial charge in [-0.1, -0.05) is 43.3 Å². The van der Waals surface area contributed by atoms with Gasteiger partial charge in [0.05, 0.1) is 12.7 Å². The maximum atomic E-state index is 10.1. The Kier molecular flexibility index (Phi) is 5.19. The number of hydrogen-bond donors (Lipinski definition) is 1. The van der Waals surface area contributed by atoms with Gasteiger partial charge in [0.2, 0.25) is 0 Å². The number of hydrogen-bond acceptors (Lipinski definition) is 2. The topological polar surface area (TPSA) is 29.5 Å². The van der Waals surface area contributed by atoms with E-state index in [1.165, 1.54) is 11.1 Å². The summed E-state index contributed by atoms with van der Waals surface area (Å²) in [5, 5.41) is 10.1. The molecule has 0 saturated heterocycles. The second-order valence-corrected chi connectivity index (χ2v) is 5.06. The van der Waals surface area contributed by atoms with Gasteiger partial charge in [-0.2, -0.15) is 0 Å². The smallest absolute Gasteiger partial charge is 0.119 e. The quantitative estimate of drug-likeness (QED) is 0.857. The Balaban J connectivity index is 1.83. The van der Waals surface area contributed by atoms with E-state index in [4.69, 9.17) is 4.74 Å². The summed E-state index contributed by atoms with van der Waals surface area (Å²) in [6, 6.07) is 16.1. The van der Waals surface area contributed by atoms with Crippen LogP contribution < -0.4 is 4.74 Å². The molecule has 0 bridgehead atoms. The van der Waals surface area contributed by atoms with Gasteiger partial charge in [0.25, 0.3) is 0 Å². The number of aliphatic hydroxyl groups is 1. The second kappa shape index (κ2) is 7.11. The van der Waals surface area contributed by atoms with Gasteiger partial charge in [-0.25, -0.2) is 0 Å². The number of ether oxygens (including phenoxy) is 1. The molecule has 0 saturated carbocycles. The highest BCUT2D eigenvalue weighted by molar-refractivity contribution is 5.27. The molecule has 2 aromatic carbocycles. The van der Waals surface area contributed by atoms with Crippen molar-refractivity contribution in [1.82, 2.24) is 0 Å². The van der Waals surface area contributed by atoms with Gasteiger partial charge in [-0.05, 0) is 42.2 Å². The first-order valence-corrected chi connectivity index (χ1v) is 7.15. The average molecular weight is 270 g/mol. The van der Waals surface area contributed by atoms with Crippen molar-refractivity contribution in [3.63, 3.8) is 0 Å². The Bertz CT molecular complexity index is 531. The van der Waals surface area contributed by atoms with E-state index in [1.807, 2.05) is 43.3 Å². The molecule has 2 nitrogen and oxygen atoms in total. The van der Waals surface area contributed by atoms with Crippen LogP contribution in [0.3, 0.4) is 0 Å². The lowest BCUT2D eigenvalue weighted by Gasteiger charge is -2.12. The van der Waals surface area contributed by atoms with E-state index in [1.54, 1.807) is 0 Å². The fourth-order valence-electron chi connectivity index (χ4n) is 2.14. The minimum absolute atomic E-state index is 0.467. The van der Waals surface area contributed by atoms with Crippen molar-refractivity contribution in [3.8, 4) is 5.75 Å². The summed E-state index contributed by atoms with van der Waals surface area (Å²) in [6.07, 6.45) is 1.15. The summed E-state index contributed by atoms with van der Waals surface area (Å²) in [4.78, 5) is 0. The lowest BCUT2D eigenvalue weighted by molar-refractivity contribution is 0.141. The normalized spacial score (nSPS) is 12.2. The monoisotopic (exact) mass is 270 g/mol. The van der Waals surface area contributed by atoms with Crippen molar-refractivity contribution >= 4 is 0 Å². The Hall–Kier alpha value is -1.80. The molecule has 106 valence electrons. The van der Waals surface area contributed by atoms with Crippen molar-refractivity contribution in [2.45, 2.75) is 32.8 Å². The lowest BCUT2D eigenvalue weighted by atomic mass is 10.0. The Morgan fingerprint density at radius 2 is 1.85 bits per heavy atom. The molecule has 0 aromatic heterocycles. The minimum atomic E-state index is -0.467. The molecule has 0 aliphatic heterocycles. The first-order valence-electron chi connectivity index (χ1n) is 7.15. The summed E-state index contributed by atoms with van der Waals surface area (Å²) in [5.41, 5.74) is 3.42. The first kappa shape index (κ1) is 14.6. The zero-order valence-electron chi connectivity index (χ0n) is 12.2. The minimum Gasteiger partial charge on any atom is -0.493 e. The predicted molar refractivity (Wildman–Crippen MR) is 82.1 cm³/mol. The number of aliphatic hydroxyl groups excluding tert-OH is 1. The van der Waals surface area contributed by atoms with Crippen molar-refractivity contribution in [3.05, 3.63) is 65.2 Å². The van der Waals surface area contributed by atoms with Gasteiger partial charge in [-0.15, -0.1) is 0 Å². The van der Waals surface area contributed by atoms with Crippen LogP contribution in [-0.4, -0.2) is 11.7 Å². The van der Waals surface area contributed by atoms with E-state index in [0.29, 0.717) is 13.0 Å². The summed E-state index contributed by atoms with van der Waals surface area (Å²) in [7, 11) is 0. The Morgan fingerprint density at radius 3 is 2.50 bits per heavy atom. The van der Waals surface area contributed by atoms with Crippen LogP contribution in [0.1, 0.15) is 36.1 Å². The van der Waals surface area contributed by atoms with Crippen molar-refractivity contribution < 1.29 is 9.84 Å². The number of aryl methyl sites for hydroxylation is 2. The summed E-state index contributed by atoms with van der Waals surface area (Å²) in [6.45, 7) is 4.68. The maximum Gasteiger partial charge on any atom is 0.119 e. The highest BCUT2D eigenvalue weighted by Gasteiger charge is 2.07. The fourth-order valence-corrected chi connectivity index (χ4v) is 2.14. The maximum absolute atomic E-state index is 10.1. The highest BCUT2D eigenvalue weighted by atomic mass is 16.5. The van der Waals surface area contributed by atoms with Gasteiger partial charge >= 0.3 is 0 Å². The third-order valence-corrected chi connectivity index (χ3v) is 3.42. The van der Waals surface area contributed by atoms with E-state index in [0.717, 1.165) is 17.7 Å². The standard InChI is InChI=1S/C18H22O2/c1-3-15-7-9-16(10-8-15)18(19)11-12-20-17-6-4-5-14(2)13-17/h4-10,13,18-19H,3,11-12H2,1-2H3. The van der Waals surface area contributed by atoms with Crippen LogP contribution in [0.15, 0.2) is 48.5 Å². The van der Waals surface area contributed by atoms with E-state index < -0.39 is 6.10 Å². The average Bonchev–Trinajstić information content (AvgIpc) is 2.47. The van der Waals surface area contributed by atoms with E-state index in [-0.39, 0.29) is 0 Å². The molecule has 2 heteroatoms. The predicted octanol–water partition coefficient (Wildman–Crippen LogP) is 4.06. The molecule has 1 unspecified atom stereocenters. The molecular formula is C18H22O2. The molecule has 0 radical (unpaired) electrons. The van der Waals surface area contributed by atoms with E-state index >= 15 is 0 Å². The molecule has 0 aliphatic rings. The molecule has 0 amide bonds. The van der Waals surface area contributed by atoms with Gasteiger partial charge in [0.1, 0.15) is 5.75 Å². The first-order chi connectivity index (χ1) is 9.69. The molecular weight excluding hydrogens is 248 g/mol. The molecule has 20 heavy (non-hydrogen) atoms. The molecule has 1 atom stereocenters. The summed E-state index contributed by atoms with van der Waals surface area (Å²) in [5.74, 6) is 0.860. The van der Waals surface area contributed by atoms with Crippen LogP contribution >= 0.6 is 0 Å². The third kappa shape index (κ3) is 4.10. The van der Waals surface area contributed by atoms with Gasteiger partial charge < -0.3 is 9.84 Å². The van der Waals surface area contributed by atoms with Crippen molar-refractivity contribution in [2.75, 3.05) is 6.61 Å². The van der Waals surface area contributed by atoms with E-state index in [2.05, 4.69) is 19.1 Å². The number of rotatable bonds is 6. The molecule has 2 rings (SSSR count). The zero-order valence-corrected chi connectivity index (χ0v) is 12.2. The Labute approximate surface area is 121 Å². The number of benzene rings is 2. The van der Waals surface area contributed by atoms with Gasteiger partial charge in [0, 0.05) is 6.42 Å². The molecule has 0 heterocycles.